The number of benzene rings is 8. The van der Waals surface area contributed by atoms with Crippen molar-refractivity contribution in [2.45, 2.75) is 0 Å². The first-order chi connectivity index (χ1) is 25.2. The van der Waals surface area contributed by atoms with E-state index in [-0.39, 0.29) is 0 Å². The number of aromatic nitrogens is 2. The third-order valence-corrected chi connectivity index (χ3v) is 11.0. The number of rotatable bonds is 5. The summed E-state index contributed by atoms with van der Waals surface area (Å²) in [7, 11) is 0. The molecule has 0 amide bonds. The van der Waals surface area contributed by atoms with Gasteiger partial charge in [0.25, 0.3) is 0 Å². The Kier molecular flexibility index (Phi) is 7.04. The molecule has 0 N–H and O–H groups in total. The van der Waals surface area contributed by atoms with Gasteiger partial charge in [-0.3, -0.25) is 0 Å². The summed E-state index contributed by atoms with van der Waals surface area (Å²) in [4.78, 5) is 10.5. The lowest BCUT2D eigenvalue weighted by molar-refractivity contribution is 1.18. The minimum absolute atomic E-state index is 0.708. The Morgan fingerprint density at radius 3 is 1.61 bits per heavy atom. The fourth-order valence-electron chi connectivity index (χ4n) is 7.19. The molecule has 51 heavy (non-hydrogen) atoms. The maximum Gasteiger partial charge on any atom is 0.160 e. The highest BCUT2D eigenvalue weighted by atomic mass is 32.1. The van der Waals surface area contributed by atoms with Crippen LogP contribution >= 0.6 is 11.3 Å². The van der Waals surface area contributed by atoms with E-state index < -0.39 is 0 Å². The number of nitrogens with zero attached hydrogens (tertiary/aromatic N) is 2. The van der Waals surface area contributed by atoms with Crippen LogP contribution in [0.25, 0.3) is 97.9 Å². The van der Waals surface area contributed by atoms with E-state index in [4.69, 9.17) is 9.97 Å². The molecule has 0 aliphatic rings. The summed E-state index contributed by atoms with van der Waals surface area (Å²) in [5.41, 5.74) is 9.55. The Balaban J connectivity index is 1.19. The van der Waals surface area contributed by atoms with Crippen molar-refractivity contribution in [2.75, 3.05) is 0 Å². The highest BCUT2D eigenvalue weighted by Gasteiger charge is 2.15. The van der Waals surface area contributed by atoms with E-state index in [1.807, 2.05) is 11.3 Å². The molecular formula is C48H30N2S. The summed E-state index contributed by atoms with van der Waals surface area (Å²) in [6.07, 6.45) is 0. The van der Waals surface area contributed by atoms with Crippen molar-refractivity contribution in [3.63, 3.8) is 0 Å². The van der Waals surface area contributed by atoms with Crippen molar-refractivity contribution in [1.82, 2.24) is 9.97 Å². The van der Waals surface area contributed by atoms with Gasteiger partial charge in [0.2, 0.25) is 0 Å². The van der Waals surface area contributed by atoms with Crippen LogP contribution in [0.3, 0.4) is 0 Å². The average molecular weight is 667 g/mol. The predicted octanol–water partition coefficient (Wildman–Crippen LogP) is 13.5. The molecule has 10 aromatic rings. The summed E-state index contributed by atoms with van der Waals surface area (Å²) >= 11 is 1.85. The third-order valence-electron chi connectivity index (χ3n) is 9.83. The minimum Gasteiger partial charge on any atom is -0.228 e. The lowest BCUT2D eigenvalue weighted by Gasteiger charge is -2.14. The highest BCUT2D eigenvalue weighted by molar-refractivity contribution is 7.25. The van der Waals surface area contributed by atoms with E-state index in [1.165, 1.54) is 52.8 Å². The van der Waals surface area contributed by atoms with Gasteiger partial charge in [-0.25, -0.2) is 9.97 Å². The zero-order valence-electron chi connectivity index (χ0n) is 27.6. The second-order valence-corrected chi connectivity index (χ2v) is 14.1. The van der Waals surface area contributed by atoms with Gasteiger partial charge in [0.1, 0.15) is 0 Å². The molecule has 0 fully saturated rings. The third kappa shape index (κ3) is 5.45. The summed E-state index contributed by atoms with van der Waals surface area (Å²) in [6, 6.07) is 65.2. The van der Waals surface area contributed by atoms with Crippen molar-refractivity contribution >= 4 is 53.1 Å². The van der Waals surface area contributed by atoms with Crippen molar-refractivity contribution in [1.29, 1.82) is 0 Å². The summed E-state index contributed by atoms with van der Waals surface area (Å²) in [5, 5.41) is 7.37. The Morgan fingerprint density at radius 2 is 0.843 bits per heavy atom. The van der Waals surface area contributed by atoms with Crippen molar-refractivity contribution in [3.05, 3.63) is 182 Å². The van der Waals surface area contributed by atoms with E-state index in [0.29, 0.717) is 5.82 Å². The second kappa shape index (κ2) is 12.2. The Labute approximate surface area is 300 Å². The van der Waals surface area contributed by atoms with Gasteiger partial charge in [-0.1, -0.05) is 133 Å². The highest BCUT2D eigenvalue weighted by Crippen LogP contribution is 2.39. The molecule has 10 rings (SSSR count). The largest absolute Gasteiger partial charge is 0.228 e. The van der Waals surface area contributed by atoms with Gasteiger partial charge in [-0.15, -0.1) is 11.3 Å². The molecule has 0 aliphatic carbocycles. The maximum atomic E-state index is 5.31. The van der Waals surface area contributed by atoms with Gasteiger partial charge in [0, 0.05) is 36.9 Å². The molecule has 238 valence electrons. The SMILES string of the molecule is c1ccc(-c2cc(-c3ccc4c(c3)sc3ccccc34)cc(-c3cc(-c4ccc5ccccc5c4)nc(-c4ccc5ccccc5c4)n3)c2)cc1. The second-order valence-electron chi connectivity index (χ2n) is 13.1. The number of hydrogen-bond donors (Lipinski definition) is 0. The molecule has 0 spiro atoms. The van der Waals surface area contributed by atoms with Crippen LogP contribution in [0.1, 0.15) is 0 Å². The fourth-order valence-corrected chi connectivity index (χ4v) is 8.34. The molecular weight excluding hydrogens is 637 g/mol. The summed E-state index contributed by atoms with van der Waals surface area (Å²) in [5.74, 6) is 0.708. The van der Waals surface area contributed by atoms with E-state index in [1.54, 1.807) is 0 Å². The van der Waals surface area contributed by atoms with Gasteiger partial charge >= 0.3 is 0 Å². The van der Waals surface area contributed by atoms with Gasteiger partial charge in [0.05, 0.1) is 11.4 Å². The van der Waals surface area contributed by atoms with Gasteiger partial charge in [0.15, 0.2) is 5.82 Å². The smallest absolute Gasteiger partial charge is 0.160 e. The molecule has 0 unspecified atom stereocenters. The number of hydrogen-bond acceptors (Lipinski definition) is 3. The zero-order valence-corrected chi connectivity index (χ0v) is 28.4. The van der Waals surface area contributed by atoms with Crippen LogP contribution in [-0.2, 0) is 0 Å². The normalized spacial score (nSPS) is 11.5. The molecule has 2 nitrogen and oxygen atoms in total. The first-order valence-corrected chi connectivity index (χ1v) is 18.0. The van der Waals surface area contributed by atoms with Crippen LogP contribution < -0.4 is 0 Å². The quantitative estimate of drug-likeness (QED) is 0.183. The molecule has 0 aliphatic heterocycles. The lowest BCUT2D eigenvalue weighted by atomic mass is 9.94. The van der Waals surface area contributed by atoms with Crippen LogP contribution in [0.15, 0.2) is 182 Å². The van der Waals surface area contributed by atoms with Crippen LogP contribution in [0.5, 0.6) is 0 Å². The fraction of sp³-hybridized carbons (Fsp3) is 0. The molecule has 2 heterocycles. The molecule has 0 bridgehead atoms. The van der Waals surface area contributed by atoms with Gasteiger partial charge in [-0.2, -0.15) is 0 Å². The van der Waals surface area contributed by atoms with Gasteiger partial charge in [-0.05, 0) is 92.3 Å². The van der Waals surface area contributed by atoms with E-state index in [0.717, 1.165) is 39.2 Å². The van der Waals surface area contributed by atoms with Gasteiger partial charge < -0.3 is 0 Å². The Bertz CT molecular complexity index is 2830. The van der Waals surface area contributed by atoms with Crippen molar-refractivity contribution < 1.29 is 0 Å². The summed E-state index contributed by atoms with van der Waals surface area (Å²) < 4.78 is 2.60. The Hall–Kier alpha value is -6.42. The molecule has 2 aromatic heterocycles. The van der Waals surface area contributed by atoms with Crippen LogP contribution in [0.4, 0.5) is 0 Å². The van der Waals surface area contributed by atoms with Crippen LogP contribution in [0.2, 0.25) is 0 Å². The molecule has 0 saturated carbocycles. The lowest BCUT2D eigenvalue weighted by Crippen LogP contribution is -1.97. The topological polar surface area (TPSA) is 25.8 Å². The van der Waals surface area contributed by atoms with Crippen LogP contribution in [-0.4, -0.2) is 9.97 Å². The van der Waals surface area contributed by atoms with Crippen molar-refractivity contribution in [2.24, 2.45) is 0 Å². The standard InChI is InChI=1S/C48H30N2S/c1-2-10-31(11-3-1)39-26-40(36-22-23-43-42-16-8-9-17-46(42)51-47(43)29-36)28-41(27-39)45-30-44(37-20-18-32-12-4-6-14-34(32)24-37)49-48(50-45)38-21-19-33-13-5-7-15-35(33)25-38/h1-30H. The monoisotopic (exact) mass is 666 g/mol. The number of thiophene rings is 1. The molecule has 3 heteroatoms. The summed E-state index contributed by atoms with van der Waals surface area (Å²) in [6.45, 7) is 0. The molecule has 0 radical (unpaired) electrons. The maximum absolute atomic E-state index is 5.31. The Morgan fingerprint density at radius 1 is 0.294 bits per heavy atom. The molecule has 8 aromatic carbocycles. The molecule has 0 saturated heterocycles. The van der Waals surface area contributed by atoms with Crippen molar-refractivity contribution in [3.8, 4) is 56.2 Å². The average Bonchev–Trinajstić information content (AvgIpc) is 3.58. The zero-order chi connectivity index (χ0) is 33.7. The first kappa shape index (κ1) is 29.5. The van der Waals surface area contributed by atoms with E-state index in [2.05, 4.69) is 182 Å². The molecule has 0 atom stereocenters. The first-order valence-electron chi connectivity index (χ1n) is 17.2. The van der Waals surface area contributed by atoms with E-state index >= 15 is 0 Å². The minimum atomic E-state index is 0.708. The van der Waals surface area contributed by atoms with Crippen LogP contribution in [0, 0.1) is 0 Å². The van der Waals surface area contributed by atoms with E-state index in [9.17, 15) is 0 Å². The predicted molar refractivity (Wildman–Crippen MR) is 217 cm³/mol. The number of fused-ring (bicyclic) bond motifs is 5.